The minimum absolute atomic E-state index is 0.0706. The van der Waals surface area contributed by atoms with Crippen LogP contribution in [0.1, 0.15) is 51.4 Å². The monoisotopic (exact) mass is 458 g/mol. The van der Waals surface area contributed by atoms with Crippen molar-refractivity contribution in [1.29, 1.82) is 0 Å². The number of aliphatic hydroxyl groups is 1. The zero-order chi connectivity index (χ0) is 23.0. The van der Waals surface area contributed by atoms with E-state index in [1.807, 2.05) is 17.1 Å². The Morgan fingerprint density at radius 1 is 1.03 bits per heavy atom. The lowest BCUT2D eigenvalue weighted by Crippen LogP contribution is -2.57. The van der Waals surface area contributed by atoms with Gasteiger partial charge in [0.1, 0.15) is 24.2 Å². The predicted octanol–water partition coefficient (Wildman–Crippen LogP) is 1.57. The van der Waals surface area contributed by atoms with Crippen LogP contribution in [0.25, 0.3) is 0 Å². The second-order valence-electron chi connectivity index (χ2n) is 9.90. The first-order chi connectivity index (χ1) is 16.1. The van der Waals surface area contributed by atoms with Crippen LogP contribution in [0, 0.1) is 11.8 Å². The summed E-state index contributed by atoms with van der Waals surface area (Å²) in [6.07, 6.45) is 14.3. The molecule has 5 aliphatic rings. The highest BCUT2D eigenvalue weighted by Crippen LogP contribution is 2.53. The predicted molar refractivity (Wildman–Crippen MR) is 119 cm³/mol. The number of esters is 1. The van der Waals surface area contributed by atoms with Gasteiger partial charge in [-0.3, -0.25) is 14.4 Å². The van der Waals surface area contributed by atoms with Crippen molar-refractivity contribution in [3.05, 3.63) is 24.3 Å². The number of nitrogens with zero attached hydrogens (tertiary/aromatic N) is 2. The van der Waals surface area contributed by atoms with Gasteiger partial charge < -0.3 is 24.4 Å². The Morgan fingerprint density at radius 3 is 2.64 bits per heavy atom. The van der Waals surface area contributed by atoms with Crippen LogP contribution < -0.4 is 0 Å². The highest BCUT2D eigenvalue weighted by atomic mass is 16.6. The van der Waals surface area contributed by atoms with Crippen molar-refractivity contribution in [2.45, 2.75) is 75.2 Å². The SMILES string of the molecule is O=C1OCC=C[C@@H]2O[C@]34C=CCN(C5CCCCC5)C(=O)C3N(CCCCCO)C(=O)[C@@H]4[C@H]12. The van der Waals surface area contributed by atoms with Gasteiger partial charge in [-0.1, -0.05) is 37.5 Å². The third-order valence-corrected chi connectivity index (χ3v) is 8.02. The summed E-state index contributed by atoms with van der Waals surface area (Å²) in [6, 6.07) is -0.605. The second-order valence-corrected chi connectivity index (χ2v) is 9.90. The van der Waals surface area contributed by atoms with E-state index in [2.05, 4.69) is 0 Å². The molecular formula is C25H34N2O6. The first kappa shape index (κ1) is 22.6. The van der Waals surface area contributed by atoms with Crippen molar-refractivity contribution in [3.8, 4) is 0 Å². The number of carbonyl (C=O) groups excluding carboxylic acids is 3. The number of fused-ring (bicyclic) bond motifs is 2. The van der Waals surface area contributed by atoms with E-state index in [-0.39, 0.29) is 31.1 Å². The maximum atomic E-state index is 14.1. The van der Waals surface area contributed by atoms with Gasteiger partial charge in [0.15, 0.2) is 0 Å². The summed E-state index contributed by atoms with van der Waals surface area (Å²) in [5, 5.41) is 9.14. The van der Waals surface area contributed by atoms with E-state index in [4.69, 9.17) is 14.6 Å². The fraction of sp³-hybridized carbons (Fsp3) is 0.720. The quantitative estimate of drug-likeness (QED) is 0.369. The van der Waals surface area contributed by atoms with E-state index in [9.17, 15) is 14.4 Å². The molecule has 0 radical (unpaired) electrons. The molecule has 0 aromatic heterocycles. The molecule has 180 valence electrons. The van der Waals surface area contributed by atoms with Crippen LogP contribution in [0.2, 0.25) is 0 Å². The molecule has 2 amide bonds. The summed E-state index contributed by atoms with van der Waals surface area (Å²) < 4.78 is 11.9. The Morgan fingerprint density at radius 2 is 1.85 bits per heavy atom. The molecule has 1 aliphatic carbocycles. The van der Waals surface area contributed by atoms with Crippen molar-refractivity contribution < 1.29 is 29.0 Å². The van der Waals surface area contributed by atoms with Gasteiger partial charge >= 0.3 is 5.97 Å². The molecule has 1 spiro atoms. The van der Waals surface area contributed by atoms with Crippen LogP contribution in [-0.4, -0.2) is 82.8 Å². The molecule has 8 heteroatoms. The average Bonchev–Trinajstić information content (AvgIpc) is 3.11. The third kappa shape index (κ3) is 3.71. The summed E-state index contributed by atoms with van der Waals surface area (Å²) >= 11 is 0. The molecule has 5 rings (SSSR count). The highest BCUT2D eigenvalue weighted by Gasteiger charge is 2.71. The molecular weight excluding hydrogens is 424 g/mol. The van der Waals surface area contributed by atoms with Gasteiger partial charge in [-0.2, -0.15) is 0 Å². The largest absolute Gasteiger partial charge is 0.461 e. The molecule has 0 aromatic rings. The number of unbranched alkanes of at least 4 members (excludes halogenated alkanes) is 2. The number of hydrogen-bond donors (Lipinski definition) is 1. The molecule has 3 fully saturated rings. The number of hydrogen-bond acceptors (Lipinski definition) is 6. The zero-order valence-electron chi connectivity index (χ0n) is 19.1. The molecule has 8 nitrogen and oxygen atoms in total. The van der Waals surface area contributed by atoms with Crippen LogP contribution in [0.3, 0.4) is 0 Å². The minimum Gasteiger partial charge on any atom is -0.461 e. The van der Waals surface area contributed by atoms with Crippen LogP contribution in [0.15, 0.2) is 24.3 Å². The highest BCUT2D eigenvalue weighted by molar-refractivity contribution is 5.99. The number of carbonyl (C=O) groups is 3. The van der Waals surface area contributed by atoms with Crippen LogP contribution in [-0.2, 0) is 23.9 Å². The van der Waals surface area contributed by atoms with Gasteiger partial charge in [-0.25, -0.2) is 0 Å². The molecule has 2 saturated heterocycles. The van der Waals surface area contributed by atoms with Crippen molar-refractivity contribution in [2.75, 3.05) is 26.3 Å². The molecule has 33 heavy (non-hydrogen) atoms. The molecule has 4 heterocycles. The number of rotatable bonds is 6. The molecule has 1 N–H and O–H groups in total. The Kier molecular flexibility index (Phi) is 6.31. The Labute approximate surface area is 194 Å². The third-order valence-electron chi connectivity index (χ3n) is 8.02. The van der Waals surface area contributed by atoms with Crippen LogP contribution in [0.5, 0.6) is 0 Å². The lowest BCUT2D eigenvalue weighted by Gasteiger charge is -2.39. The van der Waals surface area contributed by atoms with E-state index in [0.717, 1.165) is 32.1 Å². The van der Waals surface area contributed by atoms with Crippen molar-refractivity contribution in [2.24, 2.45) is 11.8 Å². The van der Waals surface area contributed by atoms with E-state index < -0.39 is 35.6 Å². The summed E-state index contributed by atoms with van der Waals surface area (Å²) in [7, 11) is 0. The maximum absolute atomic E-state index is 14.1. The van der Waals surface area contributed by atoms with Crippen LogP contribution in [0.4, 0.5) is 0 Å². The number of aliphatic hydroxyl groups excluding tert-OH is 1. The van der Waals surface area contributed by atoms with Gasteiger partial charge in [0.05, 0.1) is 12.0 Å². The van der Waals surface area contributed by atoms with Gasteiger partial charge in [0.2, 0.25) is 11.8 Å². The molecule has 5 atom stereocenters. The Hall–Kier alpha value is -2.19. The van der Waals surface area contributed by atoms with Gasteiger partial charge in [-0.15, -0.1) is 0 Å². The Bertz CT molecular complexity index is 850. The summed E-state index contributed by atoms with van der Waals surface area (Å²) in [5.41, 5.74) is -1.16. The lowest BCUT2D eigenvalue weighted by molar-refractivity contribution is -0.153. The maximum Gasteiger partial charge on any atom is 0.313 e. The standard InChI is InChI=1S/C25H34N2O6/c28-15-6-2-5-13-27-21-23(30)26(17-9-3-1-4-10-17)14-8-12-25(21)20(22(27)29)19-18(33-25)11-7-16-32-24(19)31/h7-8,11-12,17-21,28H,1-6,9-10,13-16H2/t18-,19+,20-,21?,25-/m0/s1. The molecule has 0 bridgehead atoms. The topological polar surface area (TPSA) is 96.4 Å². The van der Waals surface area contributed by atoms with E-state index >= 15 is 0 Å². The smallest absolute Gasteiger partial charge is 0.313 e. The zero-order valence-corrected chi connectivity index (χ0v) is 19.1. The fourth-order valence-corrected chi connectivity index (χ4v) is 6.52. The number of amides is 2. The van der Waals surface area contributed by atoms with Crippen molar-refractivity contribution in [1.82, 2.24) is 9.80 Å². The first-order valence-corrected chi connectivity index (χ1v) is 12.5. The van der Waals surface area contributed by atoms with Gasteiger partial charge in [0, 0.05) is 25.7 Å². The normalized spacial score (nSPS) is 36.3. The average molecular weight is 459 g/mol. The second kappa shape index (κ2) is 9.22. The summed E-state index contributed by atoms with van der Waals surface area (Å²) in [5.74, 6) is -2.23. The summed E-state index contributed by atoms with van der Waals surface area (Å²) in [6.45, 7) is 1.18. The van der Waals surface area contributed by atoms with Crippen molar-refractivity contribution in [3.63, 3.8) is 0 Å². The van der Waals surface area contributed by atoms with E-state index in [1.165, 1.54) is 6.42 Å². The first-order valence-electron chi connectivity index (χ1n) is 12.5. The van der Waals surface area contributed by atoms with Crippen LogP contribution >= 0.6 is 0 Å². The number of ether oxygens (including phenoxy) is 2. The molecule has 1 unspecified atom stereocenters. The lowest BCUT2D eigenvalue weighted by atomic mass is 9.78. The number of cyclic esters (lactones) is 1. The van der Waals surface area contributed by atoms with Gasteiger partial charge in [0.25, 0.3) is 0 Å². The minimum atomic E-state index is -1.16. The van der Waals surface area contributed by atoms with Gasteiger partial charge in [-0.05, 0) is 38.2 Å². The van der Waals surface area contributed by atoms with Crippen molar-refractivity contribution >= 4 is 17.8 Å². The molecule has 0 aromatic carbocycles. The molecule has 4 aliphatic heterocycles. The Balaban J connectivity index is 1.51. The van der Waals surface area contributed by atoms with E-state index in [1.54, 1.807) is 17.1 Å². The van der Waals surface area contributed by atoms with E-state index in [0.29, 0.717) is 25.9 Å². The fourth-order valence-electron chi connectivity index (χ4n) is 6.52. The molecule has 1 saturated carbocycles. The summed E-state index contributed by atoms with van der Waals surface area (Å²) in [4.78, 5) is 44.4. The number of likely N-dealkylation sites (tertiary alicyclic amines) is 1.